The minimum Gasteiger partial charge on any atom is -0.444 e. The normalized spacial score (nSPS) is 21.5. The lowest BCUT2D eigenvalue weighted by Crippen LogP contribution is -2.54. The summed E-state index contributed by atoms with van der Waals surface area (Å²) in [4.78, 5) is 78.8. The summed E-state index contributed by atoms with van der Waals surface area (Å²) in [5.41, 5.74) is 4.87. The number of primary amides is 1. The summed E-state index contributed by atoms with van der Waals surface area (Å²) in [5, 5.41) is 13.8. The van der Waals surface area contributed by atoms with Gasteiger partial charge >= 0.3 is 12.2 Å². The number of nitrogens with one attached hydrogen (secondary N) is 2. The molecular weight excluding hydrogens is 870 g/mol. The molecule has 2 aliphatic heterocycles. The number of halogens is 1. The van der Waals surface area contributed by atoms with Crippen molar-refractivity contribution in [3.63, 3.8) is 0 Å². The highest BCUT2D eigenvalue weighted by Crippen LogP contribution is 2.41. The van der Waals surface area contributed by atoms with Gasteiger partial charge in [0.15, 0.2) is 4.90 Å². The third-order valence-electron chi connectivity index (χ3n) is 11.0. The number of allylic oxidation sites excluding steroid dienone is 1. The van der Waals surface area contributed by atoms with E-state index < -0.39 is 119 Å². The first-order chi connectivity index (χ1) is 29.6. The Hall–Kier alpha value is -5.68. The number of nitro benzene ring substituents is 1. The molecule has 342 valence electrons. The summed E-state index contributed by atoms with van der Waals surface area (Å²) in [6, 6.07) is 6.22. The molecule has 4 N–H and O–H groups in total. The minimum absolute atomic E-state index is 0.0147. The first kappa shape index (κ1) is 46.8. The van der Waals surface area contributed by atoms with E-state index in [0.717, 1.165) is 21.3 Å². The molecule has 3 fully saturated rings. The number of alkyl carbamates (subject to hydrolysis) is 1. The topological polar surface area (TPSA) is 275 Å². The van der Waals surface area contributed by atoms with Crippen molar-refractivity contribution < 1.29 is 59.6 Å². The molecular formula is C40H50FN7O13S2. The van der Waals surface area contributed by atoms with Gasteiger partial charge in [0.2, 0.25) is 37.8 Å². The Morgan fingerprint density at radius 3 is 2.40 bits per heavy atom. The van der Waals surface area contributed by atoms with E-state index >= 15 is 0 Å². The van der Waals surface area contributed by atoms with E-state index in [-0.39, 0.29) is 44.9 Å². The van der Waals surface area contributed by atoms with Gasteiger partial charge in [-0.25, -0.2) is 30.8 Å². The molecule has 4 aliphatic rings. The molecule has 23 heteroatoms. The second kappa shape index (κ2) is 18.6. The Kier molecular flexibility index (Phi) is 13.8. The number of benzene rings is 2. The third-order valence-corrected chi connectivity index (χ3v) is 14.8. The van der Waals surface area contributed by atoms with Gasteiger partial charge in [-0.15, -0.1) is 0 Å². The van der Waals surface area contributed by atoms with E-state index in [0.29, 0.717) is 30.4 Å². The number of hydrogen-bond donors (Lipinski definition) is 3. The predicted octanol–water partition coefficient (Wildman–Crippen LogP) is 2.81. The van der Waals surface area contributed by atoms with Crippen LogP contribution in [-0.4, -0.2) is 114 Å². The summed E-state index contributed by atoms with van der Waals surface area (Å²) in [7, 11) is -8.42. The molecule has 2 saturated carbocycles. The number of carbonyl (C=O) groups is 5. The fraction of sp³-hybridized carbons (Fsp3) is 0.525. The van der Waals surface area contributed by atoms with E-state index in [4.69, 9.17) is 15.2 Å². The zero-order valence-electron chi connectivity index (χ0n) is 34.8. The number of fused-ring (bicyclic) bond motifs is 1. The predicted molar refractivity (Wildman–Crippen MR) is 220 cm³/mol. The van der Waals surface area contributed by atoms with Gasteiger partial charge in [0, 0.05) is 43.6 Å². The van der Waals surface area contributed by atoms with Crippen LogP contribution in [0, 0.1) is 27.8 Å². The Morgan fingerprint density at radius 1 is 1.03 bits per heavy atom. The molecule has 0 bridgehead atoms. The number of likely N-dealkylation sites (tertiary alicyclic amines) is 1. The molecule has 1 saturated heterocycles. The maximum absolute atomic E-state index is 14.4. The second-order valence-electron chi connectivity index (χ2n) is 16.9. The molecule has 2 heterocycles. The van der Waals surface area contributed by atoms with Gasteiger partial charge < -0.3 is 25.4 Å². The number of hydrogen-bond acceptors (Lipinski definition) is 13. The summed E-state index contributed by atoms with van der Waals surface area (Å²) in [6.45, 7) is 3.55. The van der Waals surface area contributed by atoms with Crippen LogP contribution in [0.4, 0.5) is 19.7 Å². The van der Waals surface area contributed by atoms with Gasteiger partial charge in [0.25, 0.3) is 5.69 Å². The van der Waals surface area contributed by atoms with Crippen LogP contribution in [-0.2, 0) is 57.0 Å². The average Bonchev–Trinajstić information content (AvgIpc) is 4.12. The van der Waals surface area contributed by atoms with Crippen molar-refractivity contribution in [1.82, 2.24) is 24.1 Å². The van der Waals surface area contributed by atoms with Gasteiger partial charge in [-0.2, -0.15) is 4.31 Å². The van der Waals surface area contributed by atoms with Crippen molar-refractivity contribution in [3.8, 4) is 0 Å². The number of amides is 5. The van der Waals surface area contributed by atoms with E-state index in [1.54, 1.807) is 39.0 Å². The van der Waals surface area contributed by atoms with Crippen molar-refractivity contribution in [2.24, 2.45) is 17.6 Å². The molecule has 0 spiro atoms. The molecule has 20 nitrogen and oxygen atoms in total. The lowest BCUT2D eigenvalue weighted by Gasteiger charge is -2.30. The van der Waals surface area contributed by atoms with Crippen LogP contribution >= 0.6 is 0 Å². The standard InChI is InChI=1S/C40H50FN7O13S2/c1-40(2,3)61-38(52)43-31(37(51)47-22-26(20-33(47)35(42)49)60-39(53)45-21-25-10-8-11-30(41)29(25)23-45)16-18-46(63(58,59)34-13-5-4-12-32(34)48(54)55)17-7-6-9-24-19-28(24)36(50)44-62(56,57)27-14-15-27/h4-6,8-13,24,26-28,31,33H,7,14-23H2,1-3H3,(H2,42,49)(H,43,52)(H,44,50)/b9-6-/t24-,26?,28+,31+,33?/m1/s1. The van der Waals surface area contributed by atoms with Crippen molar-refractivity contribution in [2.45, 2.75) is 106 Å². The quantitative estimate of drug-likeness (QED) is 0.117. The molecule has 2 aliphatic carbocycles. The van der Waals surface area contributed by atoms with Gasteiger partial charge in [0.05, 0.1) is 23.3 Å². The number of sulfonamides is 2. The van der Waals surface area contributed by atoms with Gasteiger partial charge in [0.1, 0.15) is 29.6 Å². The van der Waals surface area contributed by atoms with Gasteiger partial charge in [-0.05, 0) is 76.5 Å². The zero-order valence-corrected chi connectivity index (χ0v) is 36.4. The largest absolute Gasteiger partial charge is 0.444 e. The maximum Gasteiger partial charge on any atom is 0.410 e. The Balaban J connectivity index is 1.19. The van der Waals surface area contributed by atoms with Crippen molar-refractivity contribution in [3.05, 3.63) is 81.7 Å². The molecule has 5 amide bonds. The fourth-order valence-corrected chi connectivity index (χ4v) is 10.5. The van der Waals surface area contributed by atoms with E-state index in [1.807, 2.05) is 0 Å². The number of nitrogens with zero attached hydrogens (tertiary/aromatic N) is 4. The highest BCUT2D eigenvalue weighted by atomic mass is 32.2. The molecule has 0 aromatic heterocycles. The first-order valence-electron chi connectivity index (χ1n) is 20.3. The number of nitro groups is 1. The molecule has 2 unspecified atom stereocenters. The van der Waals surface area contributed by atoms with Crippen molar-refractivity contribution in [2.75, 3.05) is 19.6 Å². The van der Waals surface area contributed by atoms with Gasteiger partial charge in [-0.3, -0.25) is 34.1 Å². The molecule has 5 atom stereocenters. The van der Waals surface area contributed by atoms with Crippen molar-refractivity contribution >= 4 is 55.6 Å². The lowest BCUT2D eigenvalue weighted by molar-refractivity contribution is -0.387. The average molecular weight is 920 g/mol. The van der Waals surface area contributed by atoms with E-state index in [9.17, 15) is 55.3 Å². The number of rotatable bonds is 17. The van der Waals surface area contributed by atoms with Crippen molar-refractivity contribution in [1.29, 1.82) is 0 Å². The molecule has 2 aromatic carbocycles. The monoisotopic (exact) mass is 919 g/mol. The third kappa shape index (κ3) is 11.5. The molecule has 63 heavy (non-hydrogen) atoms. The maximum atomic E-state index is 14.4. The minimum atomic E-state index is -4.69. The summed E-state index contributed by atoms with van der Waals surface area (Å²) < 4.78 is 81.3. The zero-order chi connectivity index (χ0) is 46.0. The number of para-hydroxylation sites is 1. The number of ether oxygens (including phenoxy) is 2. The van der Waals surface area contributed by atoms with Crippen LogP contribution in [0.15, 0.2) is 59.5 Å². The highest BCUT2D eigenvalue weighted by Gasteiger charge is 2.46. The lowest BCUT2D eigenvalue weighted by atomic mass is 10.1. The van der Waals surface area contributed by atoms with Crippen LogP contribution < -0.4 is 15.8 Å². The SMILES string of the molecule is CC(C)(C)OC(=O)N[C@@H](CCN(CC/C=C\[C@@H]1C[C@@H]1C(=O)NS(=O)(=O)C1CC1)S(=O)(=O)c1ccccc1[N+](=O)[O-])C(=O)N1CC(OC(=O)N2Cc3cccc(F)c3C2)CC1C(N)=O. The second-order valence-corrected chi connectivity index (χ2v) is 20.8. The highest BCUT2D eigenvalue weighted by molar-refractivity contribution is 7.91. The Bertz CT molecular complexity index is 2410. The van der Waals surface area contributed by atoms with Crippen LogP contribution in [0.5, 0.6) is 0 Å². The Labute approximate surface area is 363 Å². The smallest absolute Gasteiger partial charge is 0.410 e. The molecule has 6 rings (SSSR count). The Morgan fingerprint density at radius 2 is 1.75 bits per heavy atom. The molecule has 2 aromatic rings. The molecule has 0 radical (unpaired) electrons. The van der Waals surface area contributed by atoms with Gasteiger partial charge in [-0.1, -0.05) is 36.4 Å². The van der Waals surface area contributed by atoms with Crippen LogP contribution in [0.1, 0.15) is 70.4 Å². The van der Waals surface area contributed by atoms with E-state index in [2.05, 4.69) is 10.0 Å². The first-order valence-corrected chi connectivity index (χ1v) is 23.3. The fourth-order valence-electron chi connectivity index (χ4n) is 7.52. The summed E-state index contributed by atoms with van der Waals surface area (Å²) in [5.74, 6) is -3.87. The number of nitrogens with two attached hydrogens (primary N) is 1. The van der Waals surface area contributed by atoms with Crippen LogP contribution in [0.2, 0.25) is 0 Å². The van der Waals surface area contributed by atoms with Crippen LogP contribution in [0.25, 0.3) is 0 Å². The van der Waals surface area contributed by atoms with Crippen LogP contribution in [0.3, 0.4) is 0 Å². The number of carbonyl (C=O) groups excluding carboxylic acids is 5. The summed E-state index contributed by atoms with van der Waals surface area (Å²) in [6.07, 6.45) is 0.979. The summed E-state index contributed by atoms with van der Waals surface area (Å²) >= 11 is 0. The van der Waals surface area contributed by atoms with E-state index in [1.165, 1.54) is 29.2 Å².